The van der Waals surface area contributed by atoms with Crippen molar-refractivity contribution in [3.8, 4) is 17.1 Å². The van der Waals surface area contributed by atoms with Gasteiger partial charge in [-0.05, 0) is 60.7 Å². The lowest BCUT2D eigenvalue weighted by molar-refractivity contribution is -0.621. The molecule has 1 aromatic heterocycles. The van der Waals surface area contributed by atoms with Crippen LogP contribution in [0.15, 0.2) is 63.7 Å². The number of hydrogen-bond acceptors (Lipinski definition) is 10. The standard InChI is InChI=1S/C26H23N3O7S3/c1-3-6-22(39(32,33)34)28-17-11-16(20-12-15-7-4-5-8-18(15)35-20)9-10-19(17)36-24(28)23-25(31)29(26(37)38-23)13-21(29)27-14(2)30/h4-5,7-12,21-22H,3,6,13H2,1-2H3,(H-,27,30,32,33,34)/b24-23-. The Balaban J connectivity index is 1.48. The Hall–Kier alpha value is -3.23. The quantitative estimate of drug-likeness (QED) is 0.149. The van der Waals surface area contributed by atoms with E-state index in [1.165, 1.54) is 11.8 Å². The van der Waals surface area contributed by atoms with Crippen LogP contribution in [0, 0.1) is 0 Å². The molecular formula is C26H23N3O7S3. The minimum Gasteiger partial charge on any atom is -0.746 e. The molecule has 3 aliphatic rings. The molecule has 2 amide bonds. The average Bonchev–Trinajstić information content (AvgIpc) is 3.16. The molecule has 4 heterocycles. The topological polar surface area (TPSA) is 129 Å². The third-order valence-electron chi connectivity index (χ3n) is 7.01. The molecule has 1 spiro atoms. The van der Waals surface area contributed by atoms with Crippen molar-refractivity contribution in [3.63, 3.8) is 0 Å². The number of furan rings is 1. The fourth-order valence-corrected chi connectivity index (χ4v) is 7.70. The molecule has 0 aliphatic carbocycles. The van der Waals surface area contributed by atoms with E-state index in [9.17, 15) is 22.6 Å². The molecular weight excluding hydrogens is 563 g/mol. The molecule has 2 aromatic carbocycles. The van der Waals surface area contributed by atoms with Crippen LogP contribution in [0.2, 0.25) is 0 Å². The molecule has 3 unspecified atom stereocenters. The summed E-state index contributed by atoms with van der Waals surface area (Å²) in [6.07, 6.45) is -0.0915. The summed E-state index contributed by atoms with van der Waals surface area (Å²) in [7, 11) is -4.86. The van der Waals surface area contributed by atoms with Gasteiger partial charge in [0, 0.05) is 17.9 Å². The highest BCUT2D eigenvalue weighted by Gasteiger charge is 2.71. The summed E-state index contributed by atoms with van der Waals surface area (Å²) < 4.78 is 49.8. The van der Waals surface area contributed by atoms with Crippen LogP contribution in [0.5, 0.6) is 5.75 Å². The number of rotatable bonds is 6. The van der Waals surface area contributed by atoms with Gasteiger partial charge < -0.3 is 19.0 Å². The van der Waals surface area contributed by atoms with Gasteiger partial charge in [0.15, 0.2) is 17.2 Å². The van der Waals surface area contributed by atoms with E-state index in [1.807, 2.05) is 30.3 Å². The predicted octanol–water partition coefficient (Wildman–Crippen LogP) is 3.99. The number of quaternary nitrogens is 1. The zero-order valence-corrected chi connectivity index (χ0v) is 23.3. The van der Waals surface area contributed by atoms with Gasteiger partial charge in [0.05, 0.1) is 5.69 Å². The first kappa shape index (κ1) is 26.0. The molecule has 2 fully saturated rings. The van der Waals surface area contributed by atoms with Crippen molar-refractivity contribution < 1.29 is 36.2 Å². The highest BCUT2D eigenvalue weighted by molar-refractivity contribution is 8.26. The molecule has 10 nitrogen and oxygen atoms in total. The average molecular weight is 586 g/mol. The van der Waals surface area contributed by atoms with Crippen molar-refractivity contribution in [2.45, 2.75) is 38.2 Å². The Labute approximate surface area is 233 Å². The fraction of sp³-hybridized carbons (Fsp3) is 0.269. The summed E-state index contributed by atoms with van der Waals surface area (Å²) in [6, 6.07) is 14.5. The van der Waals surface area contributed by atoms with Crippen LogP contribution in [0.4, 0.5) is 5.69 Å². The number of para-hydroxylation sites is 1. The van der Waals surface area contributed by atoms with Gasteiger partial charge in [0.25, 0.3) is 0 Å². The van der Waals surface area contributed by atoms with Crippen molar-refractivity contribution in [3.05, 3.63) is 59.3 Å². The highest BCUT2D eigenvalue weighted by Crippen LogP contribution is 2.52. The van der Waals surface area contributed by atoms with E-state index in [1.54, 1.807) is 25.1 Å². The summed E-state index contributed by atoms with van der Waals surface area (Å²) in [5.74, 6) is 0.0971. The van der Waals surface area contributed by atoms with Crippen molar-refractivity contribution in [1.29, 1.82) is 0 Å². The Bertz CT molecular complexity index is 1680. The van der Waals surface area contributed by atoms with Gasteiger partial charge in [0.2, 0.25) is 22.3 Å². The first-order valence-corrected chi connectivity index (χ1v) is 15.0. The monoisotopic (exact) mass is 585 g/mol. The third-order valence-corrected chi connectivity index (χ3v) is 9.75. The van der Waals surface area contributed by atoms with Crippen molar-refractivity contribution in [2.75, 3.05) is 11.4 Å². The van der Waals surface area contributed by atoms with Gasteiger partial charge in [-0.1, -0.05) is 31.5 Å². The van der Waals surface area contributed by atoms with Crippen LogP contribution < -0.4 is 15.0 Å². The van der Waals surface area contributed by atoms with Crippen molar-refractivity contribution in [1.82, 2.24) is 5.32 Å². The minimum atomic E-state index is -4.86. The van der Waals surface area contributed by atoms with Crippen LogP contribution in [0.1, 0.15) is 26.7 Å². The van der Waals surface area contributed by atoms with E-state index >= 15 is 0 Å². The van der Waals surface area contributed by atoms with Crippen LogP contribution >= 0.6 is 24.0 Å². The van der Waals surface area contributed by atoms with Crippen molar-refractivity contribution in [2.24, 2.45) is 0 Å². The maximum Gasteiger partial charge on any atom is 0.366 e. The first-order valence-electron chi connectivity index (χ1n) is 12.3. The summed E-state index contributed by atoms with van der Waals surface area (Å²) in [5, 5.41) is 2.11. The number of carbonyl (C=O) groups is 2. The van der Waals surface area contributed by atoms with E-state index in [2.05, 4.69) is 5.32 Å². The Morgan fingerprint density at radius 2 is 2.05 bits per heavy atom. The lowest BCUT2D eigenvalue weighted by Gasteiger charge is -2.31. The van der Waals surface area contributed by atoms with Crippen LogP contribution in [-0.2, 0) is 19.7 Å². The molecule has 3 atom stereocenters. The zero-order valence-electron chi connectivity index (χ0n) is 20.9. The van der Waals surface area contributed by atoms with Gasteiger partial charge in [-0.2, -0.15) is 4.48 Å². The number of nitrogens with one attached hydrogen (secondary N) is 1. The molecule has 2 saturated heterocycles. The molecule has 6 rings (SSSR count). The number of benzene rings is 2. The number of fused-ring (bicyclic) bond motifs is 2. The lowest BCUT2D eigenvalue weighted by Crippen LogP contribution is -2.42. The van der Waals surface area contributed by atoms with Crippen LogP contribution in [0.25, 0.3) is 22.3 Å². The lowest BCUT2D eigenvalue weighted by atomic mass is 10.1. The Kier molecular flexibility index (Phi) is 6.11. The molecule has 1 N–H and O–H groups in total. The molecule has 0 bridgehead atoms. The second-order valence-corrected chi connectivity index (χ2v) is 12.8. The Morgan fingerprint density at radius 1 is 1.28 bits per heavy atom. The maximum atomic E-state index is 13.7. The number of ether oxygens (including phenoxy) is 1. The van der Waals surface area contributed by atoms with Crippen molar-refractivity contribution >= 4 is 66.9 Å². The summed E-state index contributed by atoms with van der Waals surface area (Å²) in [6.45, 7) is 3.42. The molecule has 39 heavy (non-hydrogen) atoms. The molecule has 13 heteroatoms. The van der Waals surface area contributed by atoms with Gasteiger partial charge in [-0.3, -0.25) is 9.69 Å². The number of thioether (sulfide) groups is 1. The van der Waals surface area contributed by atoms with Gasteiger partial charge >= 0.3 is 5.91 Å². The number of thiocarbonyl (C=S) groups is 1. The largest absolute Gasteiger partial charge is 0.746 e. The van der Waals surface area contributed by atoms with Gasteiger partial charge in [-0.15, -0.1) is 0 Å². The summed E-state index contributed by atoms with van der Waals surface area (Å²) in [5.41, 5.74) is 1.66. The van der Waals surface area contributed by atoms with E-state index in [0.29, 0.717) is 45.6 Å². The molecule has 0 saturated carbocycles. The number of carbonyl (C=O) groups excluding carboxylic acids is 2. The smallest absolute Gasteiger partial charge is 0.366 e. The SMILES string of the molecule is CCCC(N1/C(=C2/SC(=S)[N+]3(CC3NC(C)=O)C2=O)Oc2ccc(-c3cc4ccccc4o3)cc21)S(=O)(=O)[O-]. The normalized spacial score (nSPS) is 24.8. The van der Waals surface area contributed by atoms with E-state index in [0.717, 1.165) is 17.1 Å². The highest BCUT2D eigenvalue weighted by atomic mass is 32.2. The van der Waals surface area contributed by atoms with Gasteiger partial charge in [0.1, 0.15) is 26.8 Å². The molecule has 202 valence electrons. The zero-order chi connectivity index (χ0) is 27.7. The first-order chi connectivity index (χ1) is 18.5. The number of hydrogen-bond donors (Lipinski definition) is 1. The Morgan fingerprint density at radius 3 is 2.74 bits per heavy atom. The number of amides is 2. The second kappa shape index (κ2) is 9.17. The van der Waals surface area contributed by atoms with Gasteiger partial charge in [-0.25, -0.2) is 13.2 Å². The maximum absolute atomic E-state index is 13.7. The second-order valence-electron chi connectivity index (χ2n) is 9.61. The summed E-state index contributed by atoms with van der Waals surface area (Å²) in [4.78, 5) is 26.7. The summed E-state index contributed by atoms with van der Waals surface area (Å²) >= 11 is 6.53. The number of anilines is 1. The predicted molar refractivity (Wildman–Crippen MR) is 148 cm³/mol. The van der Waals surface area contributed by atoms with Crippen LogP contribution in [0.3, 0.4) is 0 Å². The van der Waals surface area contributed by atoms with Crippen LogP contribution in [-0.4, -0.2) is 51.7 Å². The molecule has 0 radical (unpaired) electrons. The van der Waals surface area contributed by atoms with E-state index in [4.69, 9.17) is 21.4 Å². The molecule has 3 aliphatic heterocycles. The molecule has 3 aromatic rings. The van der Waals surface area contributed by atoms with E-state index < -0.39 is 27.6 Å². The fourth-order valence-electron chi connectivity index (χ4n) is 5.08. The van der Waals surface area contributed by atoms with E-state index in [-0.39, 0.29) is 27.6 Å². The minimum absolute atomic E-state index is 0.0120. The number of nitrogens with zero attached hydrogens (tertiary/aromatic N) is 2. The third kappa shape index (κ3) is 4.16.